The first-order chi connectivity index (χ1) is 26.8. The van der Waals surface area contributed by atoms with E-state index in [0.29, 0.717) is 0 Å². The molecular formula is C52H36N2. The Balaban J connectivity index is 1.14. The molecule has 0 amide bonds. The molecule has 2 heteroatoms. The zero-order valence-electron chi connectivity index (χ0n) is 29.7. The molecule has 0 N–H and O–H groups in total. The van der Waals surface area contributed by atoms with Crippen LogP contribution in [-0.4, -0.2) is 4.57 Å². The molecule has 0 aliphatic carbocycles. The zero-order chi connectivity index (χ0) is 35.8. The summed E-state index contributed by atoms with van der Waals surface area (Å²) in [6.07, 6.45) is 0. The normalized spacial score (nSPS) is 11.3. The van der Waals surface area contributed by atoms with Crippen molar-refractivity contribution in [3.8, 4) is 39.1 Å². The summed E-state index contributed by atoms with van der Waals surface area (Å²) in [5.41, 5.74) is 14.1. The van der Waals surface area contributed by atoms with Crippen molar-refractivity contribution < 1.29 is 0 Å². The van der Waals surface area contributed by atoms with Gasteiger partial charge in [-0.25, -0.2) is 0 Å². The first-order valence-electron chi connectivity index (χ1n) is 18.5. The van der Waals surface area contributed by atoms with E-state index in [-0.39, 0.29) is 0 Å². The Morgan fingerprint density at radius 3 is 1.43 bits per heavy atom. The van der Waals surface area contributed by atoms with Gasteiger partial charge in [-0.05, 0) is 87.3 Å². The molecule has 2 nitrogen and oxygen atoms in total. The number of aromatic nitrogens is 1. The lowest BCUT2D eigenvalue weighted by Crippen LogP contribution is -2.10. The van der Waals surface area contributed by atoms with Gasteiger partial charge >= 0.3 is 0 Å². The van der Waals surface area contributed by atoms with Gasteiger partial charge in [0.25, 0.3) is 0 Å². The van der Waals surface area contributed by atoms with E-state index in [4.69, 9.17) is 0 Å². The molecule has 0 fully saturated rings. The van der Waals surface area contributed by atoms with E-state index in [1.165, 1.54) is 66.0 Å². The van der Waals surface area contributed by atoms with Gasteiger partial charge in [-0.15, -0.1) is 0 Å². The topological polar surface area (TPSA) is 8.17 Å². The van der Waals surface area contributed by atoms with Crippen LogP contribution in [0, 0.1) is 0 Å². The molecule has 10 rings (SSSR count). The van der Waals surface area contributed by atoms with Crippen LogP contribution >= 0.6 is 0 Å². The molecule has 0 aliphatic heterocycles. The van der Waals surface area contributed by atoms with Gasteiger partial charge in [-0.2, -0.15) is 0 Å². The van der Waals surface area contributed by atoms with E-state index in [1.54, 1.807) is 0 Å². The number of hydrogen-bond donors (Lipinski definition) is 0. The van der Waals surface area contributed by atoms with E-state index >= 15 is 0 Å². The van der Waals surface area contributed by atoms with Gasteiger partial charge in [-0.3, -0.25) is 0 Å². The molecular weight excluding hydrogens is 653 g/mol. The number of anilines is 3. The highest BCUT2D eigenvalue weighted by Crippen LogP contribution is 2.43. The Hall–Kier alpha value is -7.16. The summed E-state index contributed by atoms with van der Waals surface area (Å²) < 4.78 is 2.42. The summed E-state index contributed by atoms with van der Waals surface area (Å²) in [7, 11) is 0. The Morgan fingerprint density at radius 1 is 0.296 bits per heavy atom. The van der Waals surface area contributed by atoms with Crippen molar-refractivity contribution in [3.63, 3.8) is 0 Å². The first-order valence-corrected chi connectivity index (χ1v) is 18.5. The summed E-state index contributed by atoms with van der Waals surface area (Å²) in [4.78, 5) is 2.41. The Morgan fingerprint density at radius 2 is 0.759 bits per heavy atom. The lowest BCUT2D eigenvalue weighted by molar-refractivity contribution is 1.18. The van der Waals surface area contributed by atoms with Gasteiger partial charge < -0.3 is 9.47 Å². The average Bonchev–Trinajstić information content (AvgIpc) is 3.58. The minimum absolute atomic E-state index is 1.10. The van der Waals surface area contributed by atoms with Crippen LogP contribution in [0.3, 0.4) is 0 Å². The monoisotopic (exact) mass is 688 g/mol. The van der Waals surface area contributed by atoms with E-state index in [1.807, 2.05) is 0 Å². The van der Waals surface area contributed by atoms with Gasteiger partial charge in [0.1, 0.15) is 0 Å². The molecule has 0 atom stereocenters. The number of fused-ring (bicyclic) bond motifs is 4. The third-order valence-corrected chi connectivity index (χ3v) is 10.6. The maximum absolute atomic E-state index is 2.42. The van der Waals surface area contributed by atoms with Gasteiger partial charge in [-0.1, -0.05) is 170 Å². The van der Waals surface area contributed by atoms with Gasteiger partial charge in [0.05, 0.1) is 16.7 Å². The Labute approximate surface area is 315 Å². The summed E-state index contributed by atoms with van der Waals surface area (Å²) in [6.45, 7) is 0. The predicted octanol–water partition coefficient (Wildman–Crippen LogP) is 14.4. The van der Waals surface area contributed by atoms with Crippen molar-refractivity contribution in [2.75, 3.05) is 4.90 Å². The number of hydrogen-bond acceptors (Lipinski definition) is 1. The fourth-order valence-electron chi connectivity index (χ4n) is 7.93. The average molecular weight is 689 g/mol. The predicted molar refractivity (Wildman–Crippen MR) is 229 cm³/mol. The first kappa shape index (κ1) is 31.6. The fraction of sp³-hybridized carbons (Fsp3) is 0. The molecule has 254 valence electrons. The van der Waals surface area contributed by atoms with Crippen LogP contribution in [0.2, 0.25) is 0 Å². The van der Waals surface area contributed by atoms with Crippen molar-refractivity contribution >= 4 is 49.6 Å². The van der Waals surface area contributed by atoms with Crippen LogP contribution in [0.15, 0.2) is 218 Å². The minimum Gasteiger partial charge on any atom is -0.310 e. The largest absolute Gasteiger partial charge is 0.310 e. The quantitative estimate of drug-likeness (QED) is 0.162. The summed E-state index contributed by atoms with van der Waals surface area (Å²) in [6, 6.07) is 78.9. The van der Waals surface area contributed by atoms with Crippen molar-refractivity contribution in [1.82, 2.24) is 4.57 Å². The van der Waals surface area contributed by atoms with E-state index in [9.17, 15) is 0 Å². The van der Waals surface area contributed by atoms with E-state index in [0.717, 1.165) is 22.7 Å². The Kier molecular flexibility index (Phi) is 7.85. The van der Waals surface area contributed by atoms with Crippen molar-refractivity contribution in [2.24, 2.45) is 0 Å². The molecule has 9 aromatic carbocycles. The van der Waals surface area contributed by atoms with Crippen LogP contribution in [0.5, 0.6) is 0 Å². The van der Waals surface area contributed by atoms with Gasteiger partial charge in [0.2, 0.25) is 0 Å². The molecule has 0 aliphatic rings. The molecule has 1 heterocycles. The molecule has 0 radical (unpaired) electrons. The molecule has 1 aromatic heterocycles. The molecule has 0 spiro atoms. The van der Waals surface area contributed by atoms with E-state index in [2.05, 4.69) is 228 Å². The van der Waals surface area contributed by atoms with Crippen LogP contribution in [0.1, 0.15) is 0 Å². The van der Waals surface area contributed by atoms with Crippen molar-refractivity contribution in [2.45, 2.75) is 0 Å². The highest BCUT2D eigenvalue weighted by molar-refractivity contribution is 6.11. The third kappa shape index (κ3) is 5.62. The number of rotatable bonds is 7. The minimum atomic E-state index is 1.10. The maximum atomic E-state index is 2.42. The smallest absolute Gasteiger partial charge is 0.0561 e. The second kappa shape index (κ2) is 13.4. The molecule has 10 aromatic rings. The van der Waals surface area contributed by atoms with E-state index < -0.39 is 0 Å². The molecule has 0 unspecified atom stereocenters. The van der Waals surface area contributed by atoms with Crippen molar-refractivity contribution in [3.05, 3.63) is 218 Å². The van der Waals surface area contributed by atoms with Crippen LogP contribution in [-0.2, 0) is 0 Å². The van der Waals surface area contributed by atoms with Crippen LogP contribution < -0.4 is 4.90 Å². The molecule has 0 saturated heterocycles. The lowest BCUT2D eigenvalue weighted by atomic mass is 10.00. The molecule has 54 heavy (non-hydrogen) atoms. The van der Waals surface area contributed by atoms with Gasteiger partial charge in [0.15, 0.2) is 0 Å². The number of nitrogens with zero attached hydrogens (tertiary/aromatic N) is 2. The molecule has 0 saturated carbocycles. The van der Waals surface area contributed by atoms with Crippen molar-refractivity contribution in [1.29, 1.82) is 0 Å². The summed E-state index contributed by atoms with van der Waals surface area (Å²) in [5, 5.41) is 4.88. The standard InChI is InChI=1S/C52H36N2/c1-4-13-37(14-5-1)39-23-25-40(26-24-39)41-27-30-45(31-28-41)53(50-22-12-18-42-17-10-11-21-47(42)50)46-32-34-49-48-33-29-43(38-15-6-2-7-16-38)35-51(48)54(52(49)36-46)44-19-8-3-9-20-44/h1-36H. The third-order valence-electron chi connectivity index (χ3n) is 10.6. The molecule has 0 bridgehead atoms. The number of para-hydroxylation sites is 1. The Bertz CT molecular complexity index is 2890. The summed E-state index contributed by atoms with van der Waals surface area (Å²) >= 11 is 0. The SMILES string of the molecule is c1ccc(-c2ccc(-c3ccc(N(c4ccc5c6ccc(-c7ccccc7)cc6n(-c6ccccc6)c5c4)c4cccc5ccccc45)cc3)cc2)cc1. The maximum Gasteiger partial charge on any atom is 0.0561 e. The van der Waals surface area contributed by atoms with Gasteiger partial charge in [0, 0.05) is 33.2 Å². The number of benzene rings is 9. The highest BCUT2D eigenvalue weighted by Gasteiger charge is 2.19. The summed E-state index contributed by atoms with van der Waals surface area (Å²) in [5.74, 6) is 0. The second-order valence-corrected chi connectivity index (χ2v) is 13.8. The fourth-order valence-corrected chi connectivity index (χ4v) is 7.93. The van der Waals surface area contributed by atoms with Crippen LogP contribution in [0.4, 0.5) is 17.1 Å². The lowest BCUT2D eigenvalue weighted by Gasteiger charge is -2.27. The highest BCUT2D eigenvalue weighted by atomic mass is 15.1. The second-order valence-electron chi connectivity index (χ2n) is 13.8. The van der Waals surface area contributed by atoms with Crippen LogP contribution in [0.25, 0.3) is 71.6 Å². The zero-order valence-corrected chi connectivity index (χ0v) is 29.7.